The molecule has 100 valence electrons. The average Bonchev–Trinajstić information content (AvgIpc) is 2.27. The number of carbonyl (C=O) groups excluding carboxylic acids is 1. The molecule has 5 heteroatoms. The predicted octanol–water partition coefficient (Wildman–Crippen LogP) is 3.91. The summed E-state index contributed by atoms with van der Waals surface area (Å²) in [4.78, 5) is 11.5. The monoisotopic (exact) mass is 260 g/mol. The summed E-state index contributed by atoms with van der Waals surface area (Å²) in [6.45, 7) is 4.16. The number of hydrogen-bond donors (Lipinski definition) is 0. The smallest absolute Gasteiger partial charge is 0.416 e. The van der Waals surface area contributed by atoms with Gasteiger partial charge < -0.3 is 4.74 Å². The van der Waals surface area contributed by atoms with Crippen molar-refractivity contribution in [2.75, 3.05) is 6.61 Å². The summed E-state index contributed by atoms with van der Waals surface area (Å²) in [5.74, 6) is -0.346. The van der Waals surface area contributed by atoms with Crippen LogP contribution >= 0.6 is 0 Å². The molecule has 0 heterocycles. The Kier molecular flexibility index (Phi) is 4.76. The Labute approximate surface area is 104 Å². The molecule has 0 aliphatic carbocycles. The quantitative estimate of drug-likeness (QED) is 0.767. The zero-order valence-electron chi connectivity index (χ0n) is 10.3. The number of benzene rings is 1. The van der Waals surface area contributed by atoms with Crippen molar-refractivity contribution in [3.63, 3.8) is 0 Å². The minimum absolute atomic E-state index is 0.0754. The number of ether oxygens (including phenoxy) is 1. The van der Waals surface area contributed by atoms with Gasteiger partial charge in [-0.3, -0.25) is 0 Å². The number of alkyl halides is 3. The van der Waals surface area contributed by atoms with Crippen molar-refractivity contribution < 1.29 is 22.7 Å². The number of halogens is 3. The molecule has 0 unspecified atom stereocenters. The van der Waals surface area contributed by atoms with Crippen LogP contribution in [0, 0.1) is 5.92 Å². The molecule has 0 radical (unpaired) electrons. The molecule has 1 aromatic rings. The van der Waals surface area contributed by atoms with E-state index in [0.29, 0.717) is 12.3 Å². The first kappa shape index (κ1) is 14.5. The molecule has 2 nitrogen and oxygen atoms in total. The number of carbonyl (C=O) groups is 1. The SMILES string of the molecule is CC(C)CCOC(=O)c1cccc(C(F)(F)F)c1. The van der Waals surface area contributed by atoms with Crippen molar-refractivity contribution in [2.45, 2.75) is 26.4 Å². The van der Waals surface area contributed by atoms with Crippen LogP contribution in [0.15, 0.2) is 24.3 Å². The second-order valence-electron chi connectivity index (χ2n) is 4.40. The van der Waals surface area contributed by atoms with Crippen molar-refractivity contribution in [1.82, 2.24) is 0 Å². The predicted molar refractivity (Wildman–Crippen MR) is 61.2 cm³/mol. The molecular weight excluding hydrogens is 245 g/mol. The molecule has 0 saturated carbocycles. The van der Waals surface area contributed by atoms with Gasteiger partial charge in [0.15, 0.2) is 0 Å². The summed E-state index contributed by atoms with van der Waals surface area (Å²) in [6.07, 6.45) is -3.76. The molecule has 1 aromatic carbocycles. The topological polar surface area (TPSA) is 26.3 Å². The average molecular weight is 260 g/mol. The lowest BCUT2D eigenvalue weighted by Crippen LogP contribution is -2.11. The Hall–Kier alpha value is -1.52. The highest BCUT2D eigenvalue weighted by atomic mass is 19.4. The Morgan fingerprint density at radius 3 is 2.56 bits per heavy atom. The van der Waals surface area contributed by atoms with E-state index < -0.39 is 17.7 Å². The van der Waals surface area contributed by atoms with Gasteiger partial charge in [0, 0.05) is 0 Å². The number of rotatable bonds is 4. The van der Waals surface area contributed by atoms with E-state index in [0.717, 1.165) is 12.1 Å². The Bertz CT molecular complexity index is 411. The normalized spacial score (nSPS) is 11.7. The van der Waals surface area contributed by atoms with E-state index in [9.17, 15) is 18.0 Å². The molecule has 0 spiro atoms. The van der Waals surface area contributed by atoms with Crippen molar-refractivity contribution in [1.29, 1.82) is 0 Å². The summed E-state index contributed by atoms with van der Waals surface area (Å²) >= 11 is 0. The fraction of sp³-hybridized carbons (Fsp3) is 0.462. The van der Waals surface area contributed by atoms with Crippen LogP contribution in [0.3, 0.4) is 0 Å². The number of esters is 1. The second kappa shape index (κ2) is 5.89. The van der Waals surface area contributed by atoms with Crippen molar-refractivity contribution in [2.24, 2.45) is 5.92 Å². The van der Waals surface area contributed by atoms with Gasteiger partial charge in [-0.05, 0) is 30.5 Å². The first-order chi connectivity index (χ1) is 8.30. The lowest BCUT2D eigenvalue weighted by molar-refractivity contribution is -0.137. The van der Waals surface area contributed by atoms with Crippen molar-refractivity contribution >= 4 is 5.97 Å². The van der Waals surface area contributed by atoms with E-state index in [-0.39, 0.29) is 12.2 Å². The molecule has 1 rings (SSSR count). The van der Waals surface area contributed by atoms with Crippen LogP contribution in [0.25, 0.3) is 0 Å². The first-order valence-corrected chi connectivity index (χ1v) is 5.65. The Balaban J connectivity index is 2.69. The molecule has 18 heavy (non-hydrogen) atoms. The maximum atomic E-state index is 12.4. The van der Waals surface area contributed by atoms with Gasteiger partial charge in [-0.2, -0.15) is 13.2 Å². The Morgan fingerprint density at radius 2 is 2.00 bits per heavy atom. The van der Waals surface area contributed by atoms with E-state index in [1.807, 2.05) is 13.8 Å². The Morgan fingerprint density at radius 1 is 1.33 bits per heavy atom. The van der Waals surface area contributed by atoms with Gasteiger partial charge in [-0.25, -0.2) is 4.79 Å². The maximum Gasteiger partial charge on any atom is 0.416 e. The third-order valence-corrected chi connectivity index (χ3v) is 2.35. The zero-order chi connectivity index (χ0) is 13.8. The van der Waals surface area contributed by atoms with Crippen LogP contribution in [0.2, 0.25) is 0 Å². The van der Waals surface area contributed by atoms with Crippen LogP contribution < -0.4 is 0 Å². The van der Waals surface area contributed by atoms with Gasteiger partial charge in [0.05, 0.1) is 17.7 Å². The van der Waals surface area contributed by atoms with E-state index in [1.165, 1.54) is 12.1 Å². The van der Waals surface area contributed by atoms with E-state index in [2.05, 4.69) is 0 Å². The van der Waals surface area contributed by atoms with E-state index in [1.54, 1.807) is 0 Å². The zero-order valence-corrected chi connectivity index (χ0v) is 10.3. The fourth-order valence-corrected chi connectivity index (χ4v) is 1.29. The summed E-state index contributed by atoms with van der Waals surface area (Å²) in [5.41, 5.74) is -0.922. The van der Waals surface area contributed by atoms with E-state index in [4.69, 9.17) is 4.74 Å². The lowest BCUT2D eigenvalue weighted by Gasteiger charge is -2.09. The van der Waals surface area contributed by atoms with Crippen LogP contribution in [-0.4, -0.2) is 12.6 Å². The molecule has 0 fully saturated rings. The largest absolute Gasteiger partial charge is 0.462 e. The van der Waals surface area contributed by atoms with Gasteiger partial charge in [0.25, 0.3) is 0 Å². The van der Waals surface area contributed by atoms with Crippen LogP contribution in [0.4, 0.5) is 13.2 Å². The van der Waals surface area contributed by atoms with Gasteiger partial charge in [0.1, 0.15) is 0 Å². The van der Waals surface area contributed by atoms with Gasteiger partial charge in [-0.15, -0.1) is 0 Å². The maximum absolute atomic E-state index is 12.4. The van der Waals surface area contributed by atoms with Crippen molar-refractivity contribution in [3.05, 3.63) is 35.4 Å². The van der Waals surface area contributed by atoms with Crippen LogP contribution in [-0.2, 0) is 10.9 Å². The fourth-order valence-electron chi connectivity index (χ4n) is 1.29. The molecule has 0 aliphatic rings. The lowest BCUT2D eigenvalue weighted by atomic mass is 10.1. The first-order valence-electron chi connectivity index (χ1n) is 5.65. The molecule has 0 atom stereocenters. The minimum atomic E-state index is -4.45. The van der Waals surface area contributed by atoms with Gasteiger partial charge >= 0.3 is 12.1 Å². The minimum Gasteiger partial charge on any atom is -0.462 e. The standard InChI is InChI=1S/C13H15F3O2/c1-9(2)6-7-18-12(17)10-4-3-5-11(8-10)13(14,15)16/h3-5,8-9H,6-7H2,1-2H3. The molecule has 0 amide bonds. The third-order valence-electron chi connectivity index (χ3n) is 2.35. The number of hydrogen-bond acceptors (Lipinski definition) is 2. The van der Waals surface area contributed by atoms with E-state index >= 15 is 0 Å². The van der Waals surface area contributed by atoms with Crippen molar-refractivity contribution in [3.8, 4) is 0 Å². The van der Waals surface area contributed by atoms with Crippen LogP contribution in [0.5, 0.6) is 0 Å². The summed E-state index contributed by atoms with van der Waals surface area (Å²) in [5, 5.41) is 0. The third kappa shape index (κ3) is 4.39. The van der Waals surface area contributed by atoms with Crippen LogP contribution in [0.1, 0.15) is 36.2 Å². The molecule has 0 bridgehead atoms. The summed E-state index contributed by atoms with van der Waals surface area (Å²) in [6, 6.07) is 4.23. The highest BCUT2D eigenvalue weighted by molar-refractivity contribution is 5.89. The highest BCUT2D eigenvalue weighted by Crippen LogP contribution is 2.29. The molecule has 0 aliphatic heterocycles. The molecule has 0 aromatic heterocycles. The second-order valence-corrected chi connectivity index (χ2v) is 4.40. The molecular formula is C13H15F3O2. The summed E-state index contributed by atoms with van der Waals surface area (Å²) < 4.78 is 42.2. The van der Waals surface area contributed by atoms with Gasteiger partial charge in [-0.1, -0.05) is 19.9 Å². The molecule has 0 saturated heterocycles. The summed E-state index contributed by atoms with van der Waals surface area (Å²) in [7, 11) is 0. The highest BCUT2D eigenvalue weighted by Gasteiger charge is 2.31. The molecule has 0 N–H and O–H groups in total. The van der Waals surface area contributed by atoms with Gasteiger partial charge in [0.2, 0.25) is 0 Å².